The predicted molar refractivity (Wildman–Crippen MR) is 156 cm³/mol. The minimum absolute atomic E-state index is 0.1000. The molecule has 39 heavy (non-hydrogen) atoms. The number of amides is 2. The second kappa shape index (κ2) is 12.1. The van der Waals surface area contributed by atoms with Gasteiger partial charge in [0.1, 0.15) is 0 Å². The number of nitro benzene ring substituents is 1. The predicted octanol–water partition coefficient (Wildman–Crippen LogP) is 7.92. The fraction of sp³-hybridized carbons (Fsp3) is 0.267. The molecule has 0 aliphatic rings. The van der Waals surface area contributed by atoms with E-state index in [0.29, 0.717) is 41.3 Å². The molecule has 4 rings (SSSR count). The summed E-state index contributed by atoms with van der Waals surface area (Å²) in [6.45, 7) is 8.26. The van der Waals surface area contributed by atoms with Crippen LogP contribution in [-0.4, -0.2) is 20.7 Å². The van der Waals surface area contributed by atoms with Crippen molar-refractivity contribution in [2.45, 2.75) is 53.0 Å². The number of carbonyl (C=O) groups is 1. The molecule has 2 amide bonds. The number of hydrogen-bond donors (Lipinski definition) is 1. The Morgan fingerprint density at radius 1 is 1.08 bits per heavy atom. The summed E-state index contributed by atoms with van der Waals surface area (Å²) >= 11 is 6.45. The van der Waals surface area contributed by atoms with E-state index in [0.717, 1.165) is 16.8 Å². The number of nitrogens with zero attached hydrogens (tertiary/aromatic N) is 4. The number of benzene rings is 3. The standard InChI is InChI=1S/C30H32ClN5O3/c1-5-25-27(31)18-28(36(38)39)26(6-2)29(25)33-30(37)34(23-14-10-22(11-15-23)20(3)4)19-21-8-12-24(13-9-21)35-17-7-16-32-35/h7-18,20H,5-6,19H2,1-4H3,(H,33,37). The zero-order valence-corrected chi connectivity index (χ0v) is 23.3. The van der Waals surface area contributed by atoms with Gasteiger partial charge in [-0.1, -0.05) is 63.6 Å². The number of anilines is 2. The smallest absolute Gasteiger partial charge is 0.307 e. The van der Waals surface area contributed by atoms with Crippen LogP contribution in [0.3, 0.4) is 0 Å². The number of hydrogen-bond acceptors (Lipinski definition) is 4. The average Bonchev–Trinajstić information content (AvgIpc) is 3.47. The first-order valence-electron chi connectivity index (χ1n) is 13.0. The first kappa shape index (κ1) is 27.9. The van der Waals surface area contributed by atoms with E-state index < -0.39 is 11.0 Å². The molecule has 8 nitrogen and oxygen atoms in total. The number of aromatic nitrogens is 2. The maximum atomic E-state index is 13.9. The van der Waals surface area contributed by atoms with E-state index in [2.05, 4.69) is 24.3 Å². The second-order valence-corrected chi connectivity index (χ2v) is 9.96. The minimum Gasteiger partial charge on any atom is -0.307 e. The highest BCUT2D eigenvalue weighted by Crippen LogP contribution is 2.37. The van der Waals surface area contributed by atoms with E-state index in [9.17, 15) is 14.9 Å². The number of nitrogens with one attached hydrogen (secondary N) is 1. The van der Waals surface area contributed by atoms with Gasteiger partial charge in [-0.2, -0.15) is 5.10 Å². The third-order valence-corrected chi connectivity index (χ3v) is 7.10. The fourth-order valence-corrected chi connectivity index (χ4v) is 4.92. The van der Waals surface area contributed by atoms with Crippen molar-refractivity contribution >= 4 is 34.7 Å². The summed E-state index contributed by atoms with van der Waals surface area (Å²) in [7, 11) is 0. The van der Waals surface area contributed by atoms with Gasteiger partial charge in [0.05, 0.1) is 33.4 Å². The largest absolute Gasteiger partial charge is 0.326 e. The Balaban J connectivity index is 1.72. The Labute approximate surface area is 233 Å². The number of nitro groups is 1. The van der Waals surface area contributed by atoms with Gasteiger partial charge in [-0.3, -0.25) is 15.0 Å². The van der Waals surface area contributed by atoms with Gasteiger partial charge in [-0.15, -0.1) is 0 Å². The normalized spacial score (nSPS) is 11.0. The van der Waals surface area contributed by atoms with Crippen LogP contribution in [0.15, 0.2) is 73.1 Å². The summed E-state index contributed by atoms with van der Waals surface area (Å²) < 4.78 is 1.77. The minimum atomic E-state index is -0.455. The quantitative estimate of drug-likeness (QED) is 0.171. The molecule has 0 spiro atoms. The SMILES string of the molecule is CCc1c(Cl)cc([N+](=O)[O-])c(CC)c1NC(=O)N(Cc1ccc(-n2cccn2)cc1)c1ccc(C(C)C)cc1. The van der Waals surface area contributed by atoms with Crippen molar-refractivity contribution in [3.8, 4) is 5.69 Å². The van der Waals surface area contributed by atoms with Crippen LogP contribution in [0.2, 0.25) is 5.02 Å². The Bertz CT molecular complexity index is 1450. The Morgan fingerprint density at radius 3 is 2.28 bits per heavy atom. The second-order valence-electron chi connectivity index (χ2n) is 9.55. The molecule has 0 bridgehead atoms. The van der Waals surface area contributed by atoms with E-state index >= 15 is 0 Å². The number of rotatable bonds is 9. The van der Waals surface area contributed by atoms with Gasteiger partial charge >= 0.3 is 6.03 Å². The zero-order valence-electron chi connectivity index (χ0n) is 22.5. The Morgan fingerprint density at radius 2 is 1.74 bits per heavy atom. The van der Waals surface area contributed by atoms with Crippen LogP contribution in [0.1, 0.15) is 55.9 Å². The van der Waals surface area contributed by atoms with Crippen molar-refractivity contribution in [2.75, 3.05) is 10.2 Å². The highest BCUT2D eigenvalue weighted by molar-refractivity contribution is 6.32. The van der Waals surface area contributed by atoms with E-state index in [1.807, 2.05) is 74.6 Å². The van der Waals surface area contributed by atoms with Crippen LogP contribution in [0, 0.1) is 10.1 Å². The molecule has 3 aromatic carbocycles. The molecular weight excluding hydrogens is 514 g/mol. The Hall–Kier alpha value is -4.17. The van der Waals surface area contributed by atoms with Gasteiger partial charge in [-0.05, 0) is 65.8 Å². The molecule has 1 N–H and O–H groups in total. The number of halogens is 1. The van der Waals surface area contributed by atoms with Crippen LogP contribution in [-0.2, 0) is 19.4 Å². The summed E-state index contributed by atoms with van der Waals surface area (Å²) in [5.74, 6) is 0.349. The van der Waals surface area contributed by atoms with Gasteiger partial charge in [0.2, 0.25) is 0 Å². The number of urea groups is 1. The molecular formula is C30H32ClN5O3. The van der Waals surface area contributed by atoms with E-state index in [-0.39, 0.29) is 17.3 Å². The molecule has 0 atom stereocenters. The molecule has 1 heterocycles. The van der Waals surface area contributed by atoms with Crippen molar-refractivity contribution in [1.29, 1.82) is 0 Å². The highest BCUT2D eigenvalue weighted by Gasteiger charge is 2.26. The summed E-state index contributed by atoms with van der Waals surface area (Å²) in [4.78, 5) is 26.9. The third kappa shape index (κ3) is 6.12. The first-order chi connectivity index (χ1) is 18.7. The van der Waals surface area contributed by atoms with Crippen LogP contribution >= 0.6 is 11.6 Å². The maximum Gasteiger partial charge on any atom is 0.326 e. The third-order valence-electron chi connectivity index (χ3n) is 6.76. The van der Waals surface area contributed by atoms with Gasteiger partial charge in [0.25, 0.3) is 5.69 Å². The fourth-order valence-electron chi connectivity index (χ4n) is 4.59. The lowest BCUT2D eigenvalue weighted by Crippen LogP contribution is -2.35. The summed E-state index contributed by atoms with van der Waals surface area (Å²) in [6.07, 6.45) is 4.47. The molecule has 0 saturated heterocycles. The van der Waals surface area contributed by atoms with Gasteiger partial charge in [-0.25, -0.2) is 9.48 Å². The van der Waals surface area contributed by atoms with Crippen molar-refractivity contribution in [3.63, 3.8) is 0 Å². The molecule has 0 fully saturated rings. The number of carbonyl (C=O) groups excluding carboxylic acids is 1. The lowest BCUT2D eigenvalue weighted by atomic mass is 10.0. The monoisotopic (exact) mass is 545 g/mol. The van der Waals surface area contributed by atoms with Crippen molar-refractivity contribution in [3.05, 3.63) is 110 Å². The van der Waals surface area contributed by atoms with E-state index in [1.54, 1.807) is 15.8 Å². The lowest BCUT2D eigenvalue weighted by molar-refractivity contribution is -0.385. The van der Waals surface area contributed by atoms with Crippen LogP contribution in [0.5, 0.6) is 0 Å². The van der Waals surface area contributed by atoms with Crippen LogP contribution < -0.4 is 10.2 Å². The van der Waals surface area contributed by atoms with E-state index in [1.165, 1.54) is 6.07 Å². The zero-order chi connectivity index (χ0) is 28.1. The molecule has 0 unspecified atom stereocenters. The summed E-state index contributed by atoms with van der Waals surface area (Å²) in [5, 5.41) is 19.3. The first-order valence-corrected chi connectivity index (χ1v) is 13.4. The molecule has 202 valence electrons. The lowest BCUT2D eigenvalue weighted by Gasteiger charge is -2.26. The highest BCUT2D eigenvalue weighted by atomic mass is 35.5. The van der Waals surface area contributed by atoms with Gasteiger partial charge < -0.3 is 5.32 Å². The van der Waals surface area contributed by atoms with Crippen molar-refractivity contribution in [2.24, 2.45) is 0 Å². The maximum absolute atomic E-state index is 13.9. The van der Waals surface area contributed by atoms with Gasteiger partial charge in [0.15, 0.2) is 0 Å². The van der Waals surface area contributed by atoms with Crippen molar-refractivity contribution in [1.82, 2.24) is 9.78 Å². The molecule has 0 radical (unpaired) electrons. The average molecular weight is 546 g/mol. The van der Waals surface area contributed by atoms with E-state index in [4.69, 9.17) is 11.6 Å². The van der Waals surface area contributed by atoms with Crippen molar-refractivity contribution < 1.29 is 9.72 Å². The molecule has 9 heteroatoms. The van der Waals surface area contributed by atoms with Gasteiger partial charge in [0, 0.05) is 24.1 Å². The molecule has 4 aromatic rings. The topological polar surface area (TPSA) is 93.3 Å². The summed E-state index contributed by atoms with van der Waals surface area (Å²) in [6, 6.07) is 18.5. The molecule has 0 saturated carbocycles. The van der Waals surface area contributed by atoms with Crippen LogP contribution in [0.25, 0.3) is 5.69 Å². The molecule has 0 aliphatic carbocycles. The summed E-state index contributed by atoms with van der Waals surface area (Å²) in [5.41, 5.74) is 5.12. The van der Waals surface area contributed by atoms with Crippen LogP contribution in [0.4, 0.5) is 21.9 Å². The molecule has 0 aliphatic heterocycles. The Kier molecular flexibility index (Phi) is 8.66. The molecule has 1 aromatic heterocycles.